The van der Waals surface area contributed by atoms with Crippen molar-refractivity contribution in [2.24, 2.45) is 5.92 Å². The van der Waals surface area contributed by atoms with Crippen molar-refractivity contribution in [3.05, 3.63) is 35.9 Å². The van der Waals surface area contributed by atoms with E-state index in [1.807, 2.05) is 30.3 Å². The summed E-state index contributed by atoms with van der Waals surface area (Å²) in [6.07, 6.45) is 2.05. The van der Waals surface area contributed by atoms with E-state index < -0.39 is 11.6 Å². The number of nitrogens with zero attached hydrogens (tertiary/aromatic N) is 2. The Bertz CT molecular complexity index is 653. The van der Waals surface area contributed by atoms with E-state index in [1.165, 1.54) is 0 Å². The molecule has 2 atom stereocenters. The Balaban J connectivity index is 1.56. The van der Waals surface area contributed by atoms with Crippen LogP contribution in [0.5, 0.6) is 0 Å². The van der Waals surface area contributed by atoms with Gasteiger partial charge in [-0.15, -0.1) is 0 Å². The maximum absolute atomic E-state index is 13.3. The largest absolute Gasteiger partial charge is 0.458 e. The van der Waals surface area contributed by atoms with Crippen molar-refractivity contribution in [1.29, 1.82) is 0 Å². The van der Waals surface area contributed by atoms with Crippen LogP contribution in [0.4, 0.5) is 0 Å². The number of morpholine rings is 1. The fourth-order valence-electron chi connectivity index (χ4n) is 4.76. The van der Waals surface area contributed by atoms with Crippen molar-refractivity contribution >= 4 is 5.97 Å². The Morgan fingerprint density at radius 2 is 1.93 bits per heavy atom. The maximum atomic E-state index is 13.3. The van der Waals surface area contributed by atoms with E-state index in [-0.39, 0.29) is 6.10 Å². The van der Waals surface area contributed by atoms with Crippen LogP contribution in [0.1, 0.15) is 18.4 Å². The minimum atomic E-state index is -1.64. The lowest BCUT2D eigenvalue weighted by Gasteiger charge is -2.46. The number of ether oxygens (including phenoxy) is 2. The third-order valence-electron chi connectivity index (χ3n) is 6.61. The molecular formula is C21H31N2O4+. The highest BCUT2D eigenvalue weighted by molar-refractivity contribution is 5.81. The number of piperidine rings is 3. The molecule has 0 saturated carbocycles. The molecule has 0 aliphatic carbocycles. The molecule has 2 unspecified atom stereocenters. The number of rotatable bonds is 5. The predicted molar refractivity (Wildman–Crippen MR) is 101 cm³/mol. The molecule has 0 amide bonds. The van der Waals surface area contributed by atoms with Crippen molar-refractivity contribution < 1.29 is 23.9 Å². The van der Waals surface area contributed by atoms with Gasteiger partial charge in [-0.2, -0.15) is 0 Å². The first-order valence-electron chi connectivity index (χ1n) is 10.1. The molecular weight excluding hydrogens is 344 g/mol. The molecule has 0 aromatic heterocycles. The van der Waals surface area contributed by atoms with Crippen LogP contribution in [-0.2, 0) is 19.9 Å². The van der Waals surface area contributed by atoms with Crippen molar-refractivity contribution in [3.63, 3.8) is 0 Å². The number of quaternary nitrogens is 1. The SMILES string of the molecule is C[N+]1(CC(O)(C(=O)OC2CN3CCC2CC3)c2ccccc2)CCOCC1. The number of fused-ring (bicyclic) bond motifs is 3. The van der Waals surface area contributed by atoms with E-state index in [1.54, 1.807) is 0 Å². The minimum Gasteiger partial charge on any atom is -0.458 e. The van der Waals surface area contributed by atoms with Crippen LogP contribution in [-0.4, -0.2) is 86.1 Å². The predicted octanol–water partition coefficient (Wildman–Crippen LogP) is 0.988. The van der Waals surface area contributed by atoms with Crippen LogP contribution in [0, 0.1) is 5.92 Å². The molecule has 4 aliphatic heterocycles. The third-order valence-corrected chi connectivity index (χ3v) is 6.61. The number of carbonyl (C=O) groups is 1. The first-order chi connectivity index (χ1) is 13.0. The van der Waals surface area contributed by atoms with Gasteiger partial charge in [0, 0.05) is 12.1 Å². The van der Waals surface area contributed by atoms with Gasteiger partial charge >= 0.3 is 5.97 Å². The average Bonchev–Trinajstić information content (AvgIpc) is 2.69. The molecule has 5 rings (SSSR count). The fourth-order valence-corrected chi connectivity index (χ4v) is 4.76. The highest BCUT2D eigenvalue weighted by Crippen LogP contribution is 2.33. The molecule has 6 heteroatoms. The Kier molecular flexibility index (Phi) is 5.25. The summed E-state index contributed by atoms with van der Waals surface area (Å²) in [5.41, 5.74) is -1.03. The number of aliphatic hydroxyl groups is 1. The number of hydrogen-bond acceptors (Lipinski definition) is 5. The van der Waals surface area contributed by atoms with Gasteiger partial charge in [0.2, 0.25) is 5.60 Å². The van der Waals surface area contributed by atoms with Crippen LogP contribution >= 0.6 is 0 Å². The van der Waals surface area contributed by atoms with Gasteiger partial charge in [-0.05, 0) is 31.8 Å². The molecule has 2 bridgehead atoms. The molecule has 1 aromatic carbocycles. The van der Waals surface area contributed by atoms with Crippen LogP contribution in [0.25, 0.3) is 0 Å². The summed E-state index contributed by atoms with van der Waals surface area (Å²) >= 11 is 0. The Morgan fingerprint density at radius 1 is 1.26 bits per heavy atom. The standard InChI is InChI=1S/C21H31N2O4/c1-23(11-13-26-14-12-23)16-21(25,18-5-3-2-4-6-18)20(24)27-19-15-22-9-7-17(19)8-10-22/h2-6,17,19,25H,7-16H2,1H3/q+1. The summed E-state index contributed by atoms with van der Waals surface area (Å²) in [6, 6.07) is 9.27. The van der Waals surface area contributed by atoms with E-state index in [0.717, 1.165) is 45.6 Å². The zero-order chi connectivity index (χ0) is 18.9. The van der Waals surface area contributed by atoms with Gasteiger partial charge in [-0.3, -0.25) is 4.90 Å². The second-order valence-corrected chi connectivity index (χ2v) is 8.65. The highest BCUT2D eigenvalue weighted by Gasteiger charge is 2.49. The van der Waals surface area contributed by atoms with E-state index in [0.29, 0.717) is 35.7 Å². The lowest BCUT2D eigenvalue weighted by atomic mass is 9.85. The highest BCUT2D eigenvalue weighted by atomic mass is 16.6. The van der Waals surface area contributed by atoms with E-state index in [2.05, 4.69) is 11.9 Å². The quantitative estimate of drug-likeness (QED) is 0.614. The summed E-state index contributed by atoms with van der Waals surface area (Å²) in [5, 5.41) is 11.6. The third kappa shape index (κ3) is 3.90. The normalized spacial score (nSPS) is 31.9. The summed E-state index contributed by atoms with van der Waals surface area (Å²) < 4.78 is 12.0. The van der Waals surface area contributed by atoms with Crippen molar-refractivity contribution in [2.45, 2.75) is 24.5 Å². The van der Waals surface area contributed by atoms with Crippen molar-refractivity contribution in [3.8, 4) is 0 Å². The number of benzene rings is 1. The smallest absolute Gasteiger partial charge is 0.349 e. The molecule has 4 heterocycles. The molecule has 6 nitrogen and oxygen atoms in total. The number of hydrogen-bond donors (Lipinski definition) is 1. The molecule has 1 N–H and O–H groups in total. The number of esters is 1. The lowest BCUT2D eigenvalue weighted by molar-refractivity contribution is -0.922. The topological polar surface area (TPSA) is 59.0 Å². The van der Waals surface area contributed by atoms with Gasteiger partial charge in [-0.25, -0.2) is 4.79 Å². The zero-order valence-corrected chi connectivity index (χ0v) is 16.2. The van der Waals surface area contributed by atoms with E-state index >= 15 is 0 Å². The van der Waals surface area contributed by atoms with Gasteiger partial charge < -0.3 is 19.1 Å². The molecule has 1 aromatic rings. The first-order valence-corrected chi connectivity index (χ1v) is 10.1. The molecule has 4 saturated heterocycles. The summed E-state index contributed by atoms with van der Waals surface area (Å²) in [7, 11) is 2.08. The van der Waals surface area contributed by atoms with Gasteiger partial charge in [0.1, 0.15) is 25.7 Å². The fraction of sp³-hybridized carbons (Fsp3) is 0.667. The van der Waals surface area contributed by atoms with Gasteiger partial charge in [0.15, 0.2) is 0 Å². The maximum Gasteiger partial charge on any atom is 0.349 e. The zero-order valence-electron chi connectivity index (χ0n) is 16.2. The van der Waals surface area contributed by atoms with Gasteiger partial charge in [-0.1, -0.05) is 30.3 Å². The van der Waals surface area contributed by atoms with Crippen LogP contribution in [0.2, 0.25) is 0 Å². The monoisotopic (exact) mass is 375 g/mol. The molecule has 0 radical (unpaired) electrons. The van der Waals surface area contributed by atoms with Crippen LogP contribution < -0.4 is 0 Å². The second-order valence-electron chi connectivity index (χ2n) is 8.65. The van der Waals surface area contributed by atoms with Gasteiger partial charge in [0.05, 0.1) is 20.3 Å². The van der Waals surface area contributed by atoms with Crippen LogP contribution in [0.3, 0.4) is 0 Å². The minimum absolute atomic E-state index is 0.106. The molecule has 27 heavy (non-hydrogen) atoms. The number of likely N-dealkylation sites (N-methyl/N-ethyl adjacent to an activating group) is 1. The van der Waals surface area contributed by atoms with Gasteiger partial charge in [0.25, 0.3) is 0 Å². The van der Waals surface area contributed by atoms with Crippen molar-refractivity contribution in [1.82, 2.24) is 4.90 Å². The van der Waals surface area contributed by atoms with E-state index in [4.69, 9.17) is 9.47 Å². The van der Waals surface area contributed by atoms with Crippen molar-refractivity contribution in [2.75, 3.05) is 59.5 Å². The molecule has 4 fully saturated rings. The molecule has 148 valence electrons. The summed E-state index contributed by atoms with van der Waals surface area (Å²) in [6.45, 7) is 6.14. The second kappa shape index (κ2) is 7.51. The first kappa shape index (κ1) is 18.9. The Morgan fingerprint density at radius 3 is 2.52 bits per heavy atom. The van der Waals surface area contributed by atoms with E-state index in [9.17, 15) is 9.90 Å². The average molecular weight is 375 g/mol. The lowest BCUT2D eigenvalue weighted by Crippen LogP contribution is -2.61. The number of carbonyl (C=O) groups excluding carboxylic acids is 1. The molecule has 4 aliphatic rings. The molecule has 0 spiro atoms. The van der Waals surface area contributed by atoms with Crippen LogP contribution in [0.15, 0.2) is 30.3 Å². The Hall–Kier alpha value is -1.47. The summed E-state index contributed by atoms with van der Waals surface area (Å²) in [4.78, 5) is 15.7. The Labute approximate surface area is 161 Å². The summed E-state index contributed by atoms with van der Waals surface area (Å²) in [5.74, 6) is -0.0783.